The largest absolute Gasteiger partial charge is 0.390 e. The van der Waals surface area contributed by atoms with E-state index in [1.807, 2.05) is 61.5 Å². The van der Waals surface area contributed by atoms with Crippen LogP contribution in [0.25, 0.3) is 0 Å². The number of rotatable bonds is 15. The van der Waals surface area contributed by atoms with Gasteiger partial charge in [0.1, 0.15) is 48.3 Å². The van der Waals surface area contributed by atoms with Crippen LogP contribution in [0.3, 0.4) is 0 Å². The van der Waals surface area contributed by atoms with Gasteiger partial charge in [0.2, 0.25) is 59.1 Å². The van der Waals surface area contributed by atoms with Crippen LogP contribution in [-0.4, -0.2) is 209 Å². The molecule has 0 aromatic rings. The molecule has 5 N–H and O–H groups in total. The number of aliphatic hydroxyl groups is 1. The minimum absolute atomic E-state index is 0.0258. The lowest BCUT2D eigenvalue weighted by atomic mass is 9.81. The van der Waals surface area contributed by atoms with Crippen LogP contribution < -0.4 is 21.3 Å². The molecule has 0 radical (unpaired) electrons. The average Bonchev–Trinajstić information content (AvgIpc) is 3.62. The van der Waals surface area contributed by atoms with Gasteiger partial charge in [0.15, 0.2) is 5.78 Å². The number of nitrogens with one attached hydrogen (secondary N) is 4. The molecule has 1 aliphatic heterocycles. The van der Waals surface area contributed by atoms with Crippen LogP contribution in [0.1, 0.15) is 163 Å². The van der Waals surface area contributed by atoms with Crippen molar-refractivity contribution in [3.05, 3.63) is 12.2 Å². The van der Waals surface area contributed by atoms with Crippen molar-refractivity contribution in [1.29, 1.82) is 0 Å². The van der Waals surface area contributed by atoms with Gasteiger partial charge in [-0.25, -0.2) is 0 Å². The molecule has 1 rings (SSSR count). The molecular weight excluding hydrogens is 1090 g/mol. The van der Waals surface area contributed by atoms with E-state index in [2.05, 4.69) is 21.3 Å². The number of ketones is 1. The zero-order chi connectivity index (χ0) is 66.0. The van der Waals surface area contributed by atoms with Crippen molar-refractivity contribution in [1.82, 2.24) is 50.7 Å². The van der Waals surface area contributed by atoms with Gasteiger partial charge >= 0.3 is 0 Å². The molecule has 0 aliphatic carbocycles. The summed E-state index contributed by atoms with van der Waals surface area (Å²) in [6.45, 7) is 31.1. The number of aliphatic hydroxyl groups excluding tert-OH is 1. The number of allylic oxidation sites excluding steroid dienone is 2. The second-order valence-electron chi connectivity index (χ2n) is 26.4. The summed E-state index contributed by atoms with van der Waals surface area (Å²) in [5.74, 6) is -11.3. The molecule has 0 spiro atoms. The van der Waals surface area contributed by atoms with E-state index >= 15 is 9.59 Å². The van der Waals surface area contributed by atoms with Crippen molar-refractivity contribution in [3.63, 3.8) is 0 Å². The van der Waals surface area contributed by atoms with E-state index in [4.69, 9.17) is 0 Å². The smallest absolute Gasteiger partial charge is 0.246 e. The lowest BCUT2D eigenvalue weighted by Crippen LogP contribution is -2.63. The highest BCUT2D eigenvalue weighted by Gasteiger charge is 2.46. The van der Waals surface area contributed by atoms with Gasteiger partial charge in [-0.2, -0.15) is 0 Å². The third kappa shape index (κ3) is 21.8. The summed E-state index contributed by atoms with van der Waals surface area (Å²) in [5, 5.41) is 23.1. The first-order valence-electron chi connectivity index (χ1n) is 30.8. The van der Waals surface area contributed by atoms with Gasteiger partial charge in [-0.1, -0.05) is 116 Å². The van der Waals surface area contributed by atoms with Crippen LogP contribution in [-0.2, 0) is 52.7 Å². The number of amides is 10. The van der Waals surface area contributed by atoms with Crippen LogP contribution in [0.15, 0.2) is 12.2 Å². The molecule has 0 aromatic heterocycles. The normalized spacial score (nSPS) is 27.8. The summed E-state index contributed by atoms with van der Waals surface area (Å²) in [6.07, 6.45) is 3.16. The molecule has 1 aliphatic rings. The zero-order valence-electron chi connectivity index (χ0n) is 56.2. The molecule has 1 saturated heterocycles. The van der Waals surface area contributed by atoms with E-state index in [1.54, 1.807) is 61.5 Å². The van der Waals surface area contributed by atoms with E-state index in [0.29, 0.717) is 6.42 Å². The van der Waals surface area contributed by atoms with Crippen LogP contribution in [0, 0.1) is 53.3 Å². The van der Waals surface area contributed by atoms with E-state index < -0.39 is 161 Å². The Kier molecular flexibility index (Phi) is 31.8. The lowest BCUT2D eigenvalue weighted by Gasteiger charge is -2.41. The van der Waals surface area contributed by atoms with E-state index in [1.165, 1.54) is 75.7 Å². The van der Waals surface area contributed by atoms with E-state index in [9.17, 15) is 48.3 Å². The fourth-order valence-electron chi connectivity index (χ4n) is 11.0. The summed E-state index contributed by atoms with van der Waals surface area (Å²) < 4.78 is 0. The van der Waals surface area contributed by atoms with Gasteiger partial charge in [-0.05, 0) is 101 Å². The first-order chi connectivity index (χ1) is 39.2. The number of Topliss-reactive ketones (excluding diaryl/α,β-unsaturated/α-hetero) is 1. The van der Waals surface area contributed by atoms with Crippen molar-refractivity contribution >= 4 is 64.9 Å². The number of carbonyl (C=O) groups is 11. The Morgan fingerprint density at radius 2 is 0.953 bits per heavy atom. The minimum Gasteiger partial charge on any atom is -0.390 e. The molecule has 22 nitrogen and oxygen atoms in total. The number of likely N-dealkylation sites (N-methyl/N-ethyl adjacent to an activating group) is 6. The number of hydrogen-bond donors (Lipinski definition) is 5. The van der Waals surface area contributed by atoms with Crippen molar-refractivity contribution in [3.8, 4) is 0 Å². The molecule has 1 unspecified atom stereocenters. The monoisotopic (exact) mass is 1200 g/mol. The molecule has 0 bridgehead atoms. The van der Waals surface area contributed by atoms with Gasteiger partial charge in [0.25, 0.3) is 0 Å². The molecular formula is C63H112N10O12. The van der Waals surface area contributed by atoms with E-state index in [-0.39, 0.29) is 55.8 Å². The van der Waals surface area contributed by atoms with Crippen molar-refractivity contribution < 1.29 is 57.8 Å². The molecule has 486 valence electrons. The average molecular weight is 1200 g/mol. The molecule has 0 saturated carbocycles. The van der Waals surface area contributed by atoms with Gasteiger partial charge in [-0.15, -0.1) is 0 Å². The summed E-state index contributed by atoms with van der Waals surface area (Å²) in [6, 6.07) is -11.0. The highest BCUT2D eigenvalue weighted by atomic mass is 16.3. The topological polar surface area (TPSA) is 276 Å². The van der Waals surface area contributed by atoms with Crippen molar-refractivity contribution in [2.24, 2.45) is 53.3 Å². The molecule has 13 atom stereocenters. The number of carbonyl (C=O) groups excluding carboxylic acids is 11. The molecule has 10 amide bonds. The van der Waals surface area contributed by atoms with Crippen molar-refractivity contribution in [2.75, 3.05) is 48.8 Å². The summed E-state index contributed by atoms with van der Waals surface area (Å²) in [4.78, 5) is 168. The second-order valence-corrected chi connectivity index (χ2v) is 26.4. The predicted molar refractivity (Wildman–Crippen MR) is 330 cm³/mol. The van der Waals surface area contributed by atoms with Crippen LogP contribution >= 0.6 is 0 Å². The standard InChI is InChI=1S/C63H112N10O12/c1-25-27-28-40(15)53(75)52-58(80)66-45(26-2)60(82)68(19)33-49(74)69(20)46(30-35(5)6)57(79)67-50(38(11)12)62(84)70(21)47(31-36(7)8)56(78)65-43(18)55(77)64-42(17)54(76)41(16)44(29-34(3)4)59(81)71(22)48(32-37(9)10)61(83)72(23)51(39(13)14)63(85)73(52)24/h25,27,34-48,50-53,75H,26,28-33H2,1-24H3,(H,64,77)(H,65,78)(H,66,80)(H,67,79)/b27-25+/t40-,41?,42+,43-,44+,45-,46-,47-,48-,50-,51-,52-,53+/m1/s1. The third-order valence-corrected chi connectivity index (χ3v) is 16.4. The third-order valence-electron chi connectivity index (χ3n) is 16.4. The number of nitrogens with zero attached hydrogens (tertiary/aromatic N) is 6. The quantitative estimate of drug-likeness (QED) is 0.144. The summed E-state index contributed by atoms with van der Waals surface area (Å²) >= 11 is 0. The Labute approximate surface area is 509 Å². The Balaban J connectivity index is 4.32. The van der Waals surface area contributed by atoms with Crippen LogP contribution in [0.2, 0.25) is 0 Å². The fourth-order valence-corrected chi connectivity index (χ4v) is 11.0. The summed E-state index contributed by atoms with van der Waals surface area (Å²) in [7, 11) is 8.53. The molecule has 0 aromatic carbocycles. The Bertz CT molecular complexity index is 2320. The molecule has 22 heteroatoms. The molecule has 1 heterocycles. The van der Waals surface area contributed by atoms with Crippen molar-refractivity contribution in [2.45, 2.75) is 224 Å². The Morgan fingerprint density at radius 1 is 0.494 bits per heavy atom. The first-order valence-corrected chi connectivity index (χ1v) is 30.8. The van der Waals surface area contributed by atoms with E-state index in [0.717, 1.165) is 9.80 Å². The summed E-state index contributed by atoms with van der Waals surface area (Å²) in [5.41, 5.74) is 0. The van der Waals surface area contributed by atoms with Gasteiger partial charge in [0.05, 0.1) is 18.7 Å². The Hall–Kier alpha value is -5.93. The maximum absolute atomic E-state index is 15.1. The SMILES string of the molecule is C/C=C/C[C@@H](C)[C@H](O)[C@@H]1C(=O)N[C@H](CC)C(=O)N(C)CC(=O)N(C)[C@H](CC(C)C)C(=O)N[C@H](C(C)C)C(=O)N(C)[C@H](CC(C)C)C(=O)N[C@H](C)C(=O)N[C@@H](C)C(=O)C(C)[C@H](CC(C)C)C(=O)N(C)[C@H](CC(C)C)C(=O)N(C)[C@H](C(C)C)C(=O)N1C. The van der Waals surface area contributed by atoms with Gasteiger partial charge in [0, 0.05) is 54.1 Å². The molecule has 1 fully saturated rings. The Morgan fingerprint density at radius 3 is 1.42 bits per heavy atom. The number of hydrogen-bond acceptors (Lipinski definition) is 12. The molecule has 85 heavy (non-hydrogen) atoms. The predicted octanol–water partition coefficient (Wildman–Crippen LogP) is 4.26. The minimum atomic E-state index is -1.60. The second kappa shape index (κ2) is 35.0. The maximum Gasteiger partial charge on any atom is 0.246 e. The first kappa shape index (κ1) is 77.1. The van der Waals surface area contributed by atoms with Gasteiger partial charge in [-0.3, -0.25) is 52.7 Å². The zero-order valence-corrected chi connectivity index (χ0v) is 56.2. The van der Waals surface area contributed by atoms with Gasteiger partial charge < -0.3 is 55.8 Å². The highest BCUT2D eigenvalue weighted by molar-refractivity contribution is 6.00. The van der Waals surface area contributed by atoms with Crippen LogP contribution in [0.4, 0.5) is 0 Å². The highest BCUT2D eigenvalue weighted by Crippen LogP contribution is 2.29. The maximum atomic E-state index is 15.1. The lowest BCUT2D eigenvalue weighted by molar-refractivity contribution is -0.157. The van der Waals surface area contributed by atoms with Crippen LogP contribution in [0.5, 0.6) is 0 Å². The fraction of sp³-hybridized carbons (Fsp3) is 0.794.